The molecule has 0 saturated carbocycles. The van der Waals surface area contributed by atoms with E-state index in [2.05, 4.69) is 23.5 Å². The summed E-state index contributed by atoms with van der Waals surface area (Å²) in [6, 6.07) is 11.6. The Balaban J connectivity index is 2.55. The maximum Gasteiger partial charge on any atom is 0.265 e. The van der Waals surface area contributed by atoms with Crippen molar-refractivity contribution in [2.75, 3.05) is 18.0 Å². The number of fused-ring (bicyclic) bond motifs is 1. The van der Waals surface area contributed by atoms with Crippen molar-refractivity contribution in [3.63, 3.8) is 0 Å². The summed E-state index contributed by atoms with van der Waals surface area (Å²) in [6.07, 6.45) is 3.68. The fourth-order valence-corrected chi connectivity index (χ4v) is 2.33. The molecule has 0 saturated heterocycles. The van der Waals surface area contributed by atoms with Crippen molar-refractivity contribution >= 4 is 22.4 Å². The SMILES string of the molecule is C=CCN(CC=C)c1ccc2cccc(C(=O)NN)c2c1. The molecular weight excluding hydrogens is 262 g/mol. The third kappa shape index (κ3) is 3.12. The number of benzene rings is 2. The smallest absolute Gasteiger partial charge is 0.265 e. The molecule has 2 aromatic carbocycles. The van der Waals surface area contributed by atoms with Gasteiger partial charge in [-0.25, -0.2) is 5.84 Å². The standard InChI is InChI=1S/C17H19N3O/c1-3-10-20(11-4-2)14-9-8-13-6-5-7-15(16(13)12-14)17(21)19-18/h3-9,12H,1-2,10-11,18H2,(H,19,21). The lowest BCUT2D eigenvalue weighted by atomic mass is 10.0. The van der Waals surface area contributed by atoms with E-state index in [-0.39, 0.29) is 5.91 Å². The number of nitrogens with one attached hydrogen (secondary N) is 1. The highest BCUT2D eigenvalue weighted by molar-refractivity contribution is 6.07. The van der Waals surface area contributed by atoms with Crippen LogP contribution in [0.3, 0.4) is 0 Å². The molecule has 0 aromatic heterocycles. The topological polar surface area (TPSA) is 58.4 Å². The summed E-state index contributed by atoms with van der Waals surface area (Å²) < 4.78 is 0. The van der Waals surface area contributed by atoms with Crippen LogP contribution < -0.4 is 16.2 Å². The van der Waals surface area contributed by atoms with Crippen LogP contribution in [0, 0.1) is 0 Å². The second kappa shape index (κ2) is 6.72. The predicted molar refractivity (Wildman–Crippen MR) is 88.2 cm³/mol. The Morgan fingerprint density at radius 2 is 1.90 bits per heavy atom. The minimum absolute atomic E-state index is 0.295. The molecule has 4 nitrogen and oxygen atoms in total. The normalized spacial score (nSPS) is 10.1. The molecular formula is C17H19N3O. The van der Waals surface area contributed by atoms with Gasteiger partial charge in [-0.15, -0.1) is 13.2 Å². The Morgan fingerprint density at radius 3 is 2.52 bits per heavy atom. The number of carbonyl (C=O) groups excluding carboxylic acids is 1. The van der Waals surface area contributed by atoms with E-state index < -0.39 is 0 Å². The van der Waals surface area contributed by atoms with Crippen LogP contribution in [0.15, 0.2) is 61.7 Å². The van der Waals surface area contributed by atoms with Gasteiger partial charge in [0.25, 0.3) is 5.91 Å². The second-order valence-electron chi connectivity index (χ2n) is 4.67. The van der Waals surface area contributed by atoms with Gasteiger partial charge in [0.15, 0.2) is 0 Å². The highest BCUT2D eigenvalue weighted by Crippen LogP contribution is 2.25. The van der Waals surface area contributed by atoms with Crippen LogP contribution in [0.5, 0.6) is 0 Å². The lowest BCUT2D eigenvalue weighted by Crippen LogP contribution is -2.30. The Bertz CT molecular complexity index is 669. The van der Waals surface area contributed by atoms with Crippen molar-refractivity contribution in [2.24, 2.45) is 5.84 Å². The number of rotatable bonds is 6. The molecule has 108 valence electrons. The van der Waals surface area contributed by atoms with Gasteiger partial charge in [0, 0.05) is 24.3 Å². The van der Waals surface area contributed by atoms with Crippen LogP contribution in [-0.2, 0) is 0 Å². The number of hydrazine groups is 1. The molecule has 0 aliphatic carbocycles. The number of hydrogen-bond donors (Lipinski definition) is 2. The van der Waals surface area contributed by atoms with Crippen molar-refractivity contribution in [2.45, 2.75) is 0 Å². The Morgan fingerprint density at radius 1 is 1.19 bits per heavy atom. The number of anilines is 1. The van der Waals surface area contributed by atoms with Crippen LogP contribution in [0.4, 0.5) is 5.69 Å². The van der Waals surface area contributed by atoms with Crippen LogP contribution in [-0.4, -0.2) is 19.0 Å². The molecule has 0 bridgehead atoms. The summed E-state index contributed by atoms with van der Waals surface area (Å²) in [5.74, 6) is 4.96. The maximum absolute atomic E-state index is 11.9. The number of carbonyl (C=O) groups is 1. The highest BCUT2D eigenvalue weighted by atomic mass is 16.2. The molecule has 0 aliphatic rings. The average molecular weight is 281 g/mol. The van der Waals surface area contributed by atoms with Crippen LogP contribution in [0.25, 0.3) is 10.8 Å². The van der Waals surface area contributed by atoms with Gasteiger partial charge < -0.3 is 4.90 Å². The van der Waals surface area contributed by atoms with E-state index in [0.29, 0.717) is 18.7 Å². The summed E-state index contributed by atoms with van der Waals surface area (Å²) in [5.41, 5.74) is 3.76. The number of nitrogens with two attached hydrogens (primary N) is 1. The predicted octanol–water partition coefficient (Wildman–Crippen LogP) is 2.62. The van der Waals surface area contributed by atoms with Crippen molar-refractivity contribution in [1.82, 2.24) is 5.43 Å². The molecule has 2 rings (SSSR count). The second-order valence-corrected chi connectivity index (χ2v) is 4.67. The molecule has 0 aliphatic heterocycles. The van der Waals surface area contributed by atoms with Gasteiger partial charge in [0.1, 0.15) is 0 Å². The number of nitrogens with zero attached hydrogens (tertiary/aromatic N) is 1. The van der Waals surface area contributed by atoms with Gasteiger partial charge >= 0.3 is 0 Å². The van der Waals surface area contributed by atoms with E-state index in [4.69, 9.17) is 5.84 Å². The summed E-state index contributed by atoms with van der Waals surface area (Å²) in [4.78, 5) is 14.0. The minimum atomic E-state index is -0.295. The van der Waals surface area contributed by atoms with Crippen molar-refractivity contribution in [3.05, 3.63) is 67.3 Å². The molecule has 0 spiro atoms. The molecule has 2 aromatic rings. The van der Waals surface area contributed by atoms with Gasteiger partial charge in [-0.3, -0.25) is 10.2 Å². The van der Waals surface area contributed by atoms with Crippen LogP contribution in [0.2, 0.25) is 0 Å². The maximum atomic E-state index is 11.9. The molecule has 3 N–H and O–H groups in total. The first-order chi connectivity index (χ1) is 10.2. The fraction of sp³-hybridized carbons (Fsp3) is 0.118. The molecule has 0 heterocycles. The van der Waals surface area contributed by atoms with E-state index in [9.17, 15) is 4.79 Å². The highest BCUT2D eigenvalue weighted by Gasteiger charge is 2.10. The van der Waals surface area contributed by atoms with E-state index >= 15 is 0 Å². The van der Waals surface area contributed by atoms with Gasteiger partial charge in [-0.1, -0.05) is 30.4 Å². The third-order valence-electron chi connectivity index (χ3n) is 3.31. The zero-order chi connectivity index (χ0) is 15.2. The molecule has 0 radical (unpaired) electrons. The monoisotopic (exact) mass is 281 g/mol. The molecule has 21 heavy (non-hydrogen) atoms. The Labute approximate surface area is 124 Å². The van der Waals surface area contributed by atoms with Gasteiger partial charge in [0.2, 0.25) is 0 Å². The number of hydrogen-bond acceptors (Lipinski definition) is 3. The largest absolute Gasteiger partial charge is 0.364 e. The van der Waals surface area contributed by atoms with Crippen LogP contribution >= 0.6 is 0 Å². The van der Waals surface area contributed by atoms with Crippen molar-refractivity contribution in [1.29, 1.82) is 0 Å². The summed E-state index contributed by atoms with van der Waals surface area (Å²) >= 11 is 0. The Hall–Kier alpha value is -2.59. The van der Waals surface area contributed by atoms with E-state index in [1.54, 1.807) is 6.07 Å². The van der Waals surface area contributed by atoms with Gasteiger partial charge in [0.05, 0.1) is 0 Å². The molecule has 4 heteroatoms. The van der Waals surface area contributed by atoms with Gasteiger partial charge in [-0.05, 0) is 29.0 Å². The summed E-state index contributed by atoms with van der Waals surface area (Å²) in [5, 5.41) is 1.87. The fourth-order valence-electron chi connectivity index (χ4n) is 2.33. The molecule has 1 amide bonds. The number of nitrogen functional groups attached to an aromatic ring is 1. The average Bonchev–Trinajstić information content (AvgIpc) is 2.53. The summed E-state index contributed by atoms with van der Waals surface area (Å²) in [6.45, 7) is 8.97. The zero-order valence-corrected chi connectivity index (χ0v) is 11.9. The van der Waals surface area contributed by atoms with Crippen molar-refractivity contribution in [3.8, 4) is 0 Å². The molecule has 0 atom stereocenters. The first kappa shape index (κ1) is 14.8. The number of amides is 1. The first-order valence-electron chi connectivity index (χ1n) is 6.71. The Kier molecular flexibility index (Phi) is 4.74. The van der Waals surface area contributed by atoms with Crippen molar-refractivity contribution < 1.29 is 4.79 Å². The zero-order valence-electron chi connectivity index (χ0n) is 11.9. The summed E-state index contributed by atoms with van der Waals surface area (Å²) in [7, 11) is 0. The molecule has 0 unspecified atom stereocenters. The van der Waals surface area contributed by atoms with E-state index in [1.807, 2.05) is 42.5 Å². The lowest BCUT2D eigenvalue weighted by molar-refractivity contribution is 0.0955. The minimum Gasteiger partial charge on any atom is -0.364 e. The third-order valence-corrected chi connectivity index (χ3v) is 3.31. The van der Waals surface area contributed by atoms with E-state index in [0.717, 1.165) is 16.5 Å². The first-order valence-corrected chi connectivity index (χ1v) is 6.71. The van der Waals surface area contributed by atoms with Crippen LogP contribution in [0.1, 0.15) is 10.4 Å². The quantitative estimate of drug-likeness (QED) is 0.370. The van der Waals surface area contributed by atoms with E-state index in [1.165, 1.54) is 0 Å². The lowest BCUT2D eigenvalue weighted by Gasteiger charge is -2.22. The molecule has 0 fully saturated rings. The van der Waals surface area contributed by atoms with Gasteiger partial charge in [-0.2, -0.15) is 0 Å².